The first-order valence-corrected chi connectivity index (χ1v) is 5.69. The van der Waals surface area contributed by atoms with Crippen LogP contribution >= 0.6 is 0 Å². The maximum absolute atomic E-state index is 11.2. The van der Waals surface area contributed by atoms with Gasteiger partial charge in [0.25, 0.3) is 0 Å². The summed E-state index contributed by atoms with van der Waals surface area (Å²) < 4.78 is 11.2. The fourth-order valence-corrected chi connectivity index (χ4v) is 1.81. The molecule has 76 valence electrons. The Bertz CT molecular complexity index is 385. The molecule has 14 heavy (non-hydrogen) atoms. The van der Waals surface area contributed by atoms with Gasteiger partial charge in [0, 0.05) is 27.5 Å². The third-order valence-corrected chi connectivity index (χ3v) is 2.75. The fraction of sp³-hybridized carbons (Fsp3) is 0.300. The molecule has 0 radical (unpaired) electrons. The van der Waals surface area contributed by atoms with Crippen LogP contribution in [-0.2, 0) is 10.8 Å². The number of carbonyl (C=O) groups is 1. The molecule has 0 aliphatic carbocycles. The number of ketones is 1. The first-order chi connectivity index (χ1) is 6.54. The molecule has 0 aliphatic rings. The lowest BCUT2D eigenvalue weighted by Gasteiger charge is -2.03. The number of hydrogen-bond acceptors (Lipinski definition) is 3. The highest BCUT2D eigenvalue weighted by Gasteiger charge is 2.07. The molecule has 1 atom stereocenters. The number of Topliss-reactive ketones (excluding diaryl/α,β-unsaturated/α-hetero) is 1. The molecule has 1 rings (SSSR count). The summed E-state index contributed by atoms with van der Waals surface area (Å²) in [6, 6.07) is 5.00. The molecule has 0 spiro atoms. The second-order valence-corrected chi connectivity index (χ2v) is 4.45. The van der Waals surface area contributed by atoms with Crippen molar-refractivity contribution in [2.75, 3.05) is 12.9 Å². The Hall–Kier alpha value is -1.00. The van der Waals surface area contributed by atoms with E-state index in [2.05, 4.69) is 0 Å². The summed E-state index contributed by atoms with van der Waals surface area (Å²) in [5, 5.41) is 8.68. The Morgan fingerprint density at radius 2 is 2.07 bits per heavy atom. The Morgan fingerprint density at radius 3 is 2.57 bits per heavy atom. The summed E-state index contributed by atoms with van der Waals surface area (Å²) in [5.41, 5.74) is 1.28. The summed E-state index contributed by atoms with van der Waals surface area (Å²) in [7, 11) is -1.10. The lowest BCUT2D eigenvalue weighted by molar-refractivity contribution is 0.0903. The van der Waals surface area contributed by atoms with Gasteiger partial charge in [0.2, 0.25) is 0 Å². The van der Waals surface area contributed by atoms with E-state index < -0.39 is 17.4 Å². The molecule has 0 heterocycles. The smallest absolute Gasteiger partial charge is 0.188 e. The monoisotopic (exact) mass is 212 g/mol. The Kier molecular flexibility index (Phi) is 3.55. The molecule has 4 heteroatoms. The molecule has 0 bridgehead atoms. The van der Waals surface area contributed by atoms with Crippen molar-refractivity contribution in [1.29, 1.82) is 0 Å². The van der Waals surface area contributed by atoms with Gasteiger partial charge < -0.3 is 5.11 Å². The van der Waals surface area contributed by atoms with Gasteiger partial charge in [-0.15, -0.1) is 0 Å². The highest BCUT2D eigenvalue weighted by Crippen LogP contribution is 2.13. The van der Waals surface area contributed by atoms with E-state index >= 15 is 0 Å². The lowest BCUT2D eigenvalue weighted by atomic mass is 10.1. The Labute approximate surface area is 85.2 Å². The van der Waals surface area contributed by atoms with Crippen LogP contribution in [0.5, 0.6) is 0 Å². The molecule has 0 fully saturated rings. The van der Waals surface area contributed by atoms with Crippen LogP contribution in [0.2, 0.25) is 0 Å². The Morgan fingerprint density at radius 1 is 1.43 bits per heavy atom. The number of aliphatic hydroxyl groups excluding tert-OH is 1. The van der Waals surface area contributed by atoms with Crippen molar-refractivity contribution in [3.63, 3.8) is 0 Å². The van der Waals surface area contributed by atoms with Gasteiger partial charge in [-0.2, -0.15) is 0 Å². The van der Waals surface area contributed by atoms with Crippen LogP contribution in [0, 0.1) is 6.92 Å². The topological polar surface area (TPSA) is 54.4 Å². The maximum Gasteiger partial charge on any atom is 0.188 e. The van der Waals surface area contributed by atoms with Gasteiger partial charge in [-0.25, -0.2) is 0 Å². The van der Waals surface area contributed by atoms with Gasteiger partial charge >= 0.3 is 0 Å². The summed E-state index contributed by atoms with van der Waals surface area (Å²) in [5.74, 6) is -0.347. The van der Waals surface area contributed by atoms with E-state index in [0.29, 0.717) is 10.5 Å². The van der Waals surface area contributed by atoms with E-state index in [0.717, 1.165) is 5.56 Å². The highest BCUT2D eigenvalue weighted by atomic mass is 32.2. The third kappa shape index (κ3) is 2.49. The summed E-state index contributed by atoms with van der Waals surface area (Å²) in [6.45, 7) is 1.31. The van der Waals surface area contributed by atoms with Crippen molar-refractivity contribution in [2.45, 2.75) is 11.8 Å². The van der Waals surface area contributed by atoms with Gasteiger partial charge in [0.15, 0.2) is 5.78 Å². The number of rotatable bonds is 3. The van der Waals surface area contributed by atoms with Gasteiger partial charge in [0.1, 0.15) is 6.61 Å². The molecule has 1 aromatic rings. The molecule has 3 nitrogen and oxygen atoms in total. The molecule has 0 aliphatic heterocycles. The van der Waals surface area contributed by atoms with Gasteiger partial charge in [-0.3, -0.25) is 9.00 Å². The van der Waals surface area contributed by atoms with Crippen LogP contribution in [0.1, 0.15) is 15.9 Å². The zero-order chi connectivity index (χ0) is 10.7. The largest absolute Gasteiger partial charge is 0.388 e. The van der Waals surface area contributed by atoms with Crippen molar-refractivity contribution in [2.24, 2.45) is 0 Å². The lowest BCUT2D eigenvalue weighted by Crippen LogP contribution is -2.05. The minimum atomic E-state index is -1.10. The molecule has 0 amide bonds. The fourth-order valence-electron chi connectivity index (χ4n) is 1.17. The zero-order valence-corrected chi connectivity index (χ0v) is 8.93. The molecule has 1 aromatic carbocycles. The van der Waals surface area contributed by atoms with E-state index in [1.54, 1.807) is 24.5 Å². The van der Waals surface area contributed by atoms with Gasteiger partial charge in [-0.1, -0.05) is 0 Å². The van der Waals surface area contributed by atoms with Crippen molar-refractivity contribution in [1.82, 2.24) is 0 Å². The van der Waals surface area contributed by atoms with Gasteiger partial charge in [0.05, 0.1) is 0 Å². The average Bonchev–Trinajstić information content (AvgIpc) is 2.15. The average molecular weight is 212 g/mol. The van der Waals surface area contributed by atoms with E-state index in [-0.39, 0.29) is 5.78 Å². The number of carbonyl (C=O) groups excluding carboxylic acids is 1. The van der Waals surface area contributed by atoms with E-state index in [4.69, 9.17) is 5.11 Å². The molecular formula is C10H12O3S. The quantitative estimate of drug-likeness (QED) is 0.758. The molecular weight excluding hydrogens is 200 g/mol. The first-order valence-electron chi connectivity index (χ1n) is 4.13. The summed E-state index contributed by atoms with van der Waals surface area (Å²) in [6.07, 6.45) is 1.56. The van der Waals surface area contributed by atoms with Crippen LogP contribution in [0.25, 0.3) is 0 Å². The van der Waals surface area contributed by atoms with Gasteiger partial charge in [-0.05, 0) is 30.7 Å². The molecule has 0 aromatic heterocycles. The second-order valence-electron chi connectivity index (χ2n) is 3.07. The van der Waals surface area contributed by atoms with Crippen LogP contribution < -0.4 is 0 Å². The standard InChI is InChI=1S/C10H12O3S/c1-7-3-8(10(12)6-11)5-9(4-7)14(2)13/h3-5,11H,6H2,1-2H3. The first kappa shape index (κ1) is 11.1. The minimum absolute atomic E-state index is 0.347. The van der Waals surface area contributed by atoms with Crippen molar-refractivity contribution < 1.29 is 14.1 Å². The van der Waals surface area contributed by atoms with Crippen LogP contribution in [0.3, 0.4) is 0 Å². The normalized spacial score (nSPS) is 12.5. The van der Waals surface area contributed by atoms with Crippen LogP contribution in [-0.4, -0.2) is 28.0 Å². The number of hydrogen-bond donors (Lipinski definition) is 1. The van der Waals surface area contributed by atoms with E-state index in [1.165, 1.54) is 0 Å². The third-order valence-electron chi connectivity index (χ3n) is 1.85. The Balaban J connectivity index is 3.20. The summed E-state index contributed by atoms with van der Waals surface area (Å²) >= 11 is 0. The SMILES string of the molecule is Cc1cc(C(=O)CO)cc(S(C)=O)c1. The second kappa shape index (κ2) is 4.48. The molecule has 1 unspecified atom stereocenters. The predicted molar refractivity (Wildman–Crippen MR) is 54.9 cm³/mol. The minimum Gasteiger partial charge on any atom is -0.388 e. The molecule has 1 N–H and O–H groups in total. The van der Waals surface area contributed by atoms with Crippen molar-refractivity contribution >= 4 is 16.6 Å². The maximum atomic E-state index is 11.2. The number of benzene rings is 1. The molecule has 0 saturated heterocycles. The molecule has 0 saturated carbocycles. The predicted octanol–water partition coefficient (Wildman–Crippen LogP) is 0.907. The number of aliphatic hydroxyl groups is 1. The van der Waals surface area contributed by atoms with Crippen LogP contribution in [0.15, 0.2) is 23.1 Å². The van der Waals surface area contributed by atoms with Crippen molar-refractivity contribution in [3.8, 4) is 0 Å². The van der Waals surface area contributed by atoms with Crippen LogP contribution in [0.4, 0.5) is 0 Å². The summed E-state index contributed by atoms with van der Waals surface area (Å²) in [4.78, 5) is 11.8. The van der Waals surface area contributed by atoms with E-state index in [9.17, 15) is 9.00 Å². The zero-order valence-electron chi connectivity index (χ0n) is 8.11. The highest BCUT2D eigenvalue weighted by molar-refractivity contribution is 7.84. The number of aryl methyl sites for hydroxylation is 1. The van der Waals surface area contributed by atoms with E-state index in [1.807, 2.05) is 6.92 Å². The van der Waals surface area contributed by atoms with Crippen molar-refractivity contribution in [3.05, 3.63) is 29.3 Å².